The van der Waals surface area contributed by atoms with E-state index in [2.05, 4.69) is 32.1 Å². The minimum absolute atomic E-state index is 0.0284. The van der Waals surface area contributed by atoms with Crippen LogP contribution in [0.3, 0.4) is 0 Å². The van der Waals surface area contributed by atoms with E-state index < -0.39 is 0 Å². The Morgan fingerprint density at radius 1 is 1.28 bits per heavy atom. The third-order valence-electron chi connectivity index (χ3n) is 5.81. The normalized spacial score (nSPS) is 27.4. The van der Waals surface area contributed by atoms with Crippen LogP contribution in [0.4, 0.5) is 0 Å². The standard InChI is InChI=1S/C22H24O3/c1-15-8-9-22(2)19(10-15)20(22)21(23)25-14-17-12-18(24-13-17)11-16-6-4-3-5-7-16/h3-7,10,12-13,19-20H,8-9,11,14H2,1-2H3. The van der Waals surface area contributed by atoms with Crippen molar-refractivity contribution < 1.29 is 13.9 Å². The van der Waals surface area contributed by atoms with Gasteiger partial charge in [0.1, 0.15) is 12.4 Å². The van der Waals surface area contributed by atoms with E-state index in [-0.39, 0.29) is 17.3 Å². The number of rotatable bonds is 5. The van der Waals surface area contributed by atoms with Crippen molar-refractivity contribution in [2.24, 2.45) is 17.3 Å². The van der Waals surface area contributed by atoms with Gasteiger partial charge in [-0.25, -0.2) is 0 Å². The van der Waals surface area contributed by atoms with Crippen molar-refractivity contribution >= 4 is 5.97 Å². The fourth-order valence-electron chi connectivity index (χ4n) is 4.12. The Labute approximate surface area is 148 Å². The second-order valence-electron chi connectivity index (χ2n) is 7.71. The smallest absolute Gasteiger partial charge is 0.310 e. The van der Waals surface area contributed by atoms with Crippen molar-refractivity contribution in [2.75, 3.05) is 0 Å². The number of fused-ring (bicyclic) bond motifs is 1. The molecular weight excluding hydrogens is 312 g/mol. The summed E-state index contributed by atoms with van der Waals surface area (Å²) < 4.78 is 11.2. The summed E-state index contributed by atoms with van der Waals surface area (Å²) in [7, 11) is 0. The molecule has 1 fully saturated rings. The highest BCUT2D eigenvalue weighted by Crippen LogP contribution is 2.65. The van der Waals surface area contributed by atoms with Crippen LogP contribution < -0.4 is 0 Å². The molecule has 3 atom stereocenters. The average Bonchev–Trinajstić information content (AvgIpc) is 2.97. The number of allylic oxidation sites excluding steroid dienone is 2. The first kappa shape index (κ1) is 16.2. The molecule has 0 N–H and O–H groups in total. The van der Waals surface area contributed by atoms with E-state index >= 15 is 0 Å². The van der Waals surface area contributed by atoms with Crippen molar-refractivity contribution in [2.45, 2.75) is 39.7 Å². The molecule has 0 radical (unpaired) electrons. The molecule has 0 bridgehead atoms. The average molecular weight is 336 g/mol. The summed E-state index contributed by atoms with van der Waals surface area (Å²) in [6.45, 7) is 4.65. The molecule has 25 heavy (non-hydrogen) atoms. The van der Waals surface area contributed by atoms with E-state index in [1.54, 1.807) is 6.26 Å². The number of ether oxygens (including phenoxy) is 1. The van der Waals surface area contributed by atoms with Crippen molar-refractivity contribution in [3.8, 4) is 0 Å². The molecule has 0 amide bonds. The van der Waals surface area contributed by atoms with E-state index in [0.717, 1.165) is 30.6 Å². The topological polar surface area (TPSA) is 39.4 Å². The van der Waals surface area contributed by atoms with Crippen LogP contribution in [0.1, 0.15) is 43.6 Å². The predicted molar refractivity (Wildman–Crippen MR) is 95.8 cm³/mol. The third-order valence-corrected chi connectivity index (χ3v) is 5.81. The van der Waals surface area contributed by atoms with Gasteiger partial charge in [-0.3, -0.25) is 4.79 Å². The lowest BCUT2D eigenvalue weighted by Gasteiger charge is -2.15. The lowest BCUT2D eigenvalue weighted by molar-refractivity contribution is -0.147. The Balaban J connectivity index is 1.33. The third kappa shape index (κ3) is 3.15. The van der Waals surface area contributed by atoms with Gasteiger partial charge in [0, 0.05) is 12.0 Å². The zero-order chi connectivity index (χ0) is 17.4. The van der Waals surface area contributed by atoms with E-state index in [1.165, 1.54) is 11.1 Å². The van der Waals surface area contributed by atoms with Crippen LogP contribution in [0.15, 0.2) is 58.7 Å². The number of carbonyl (C=O) groups excluding carboxylic acids is 1. The molecule has 1 aromatic carbocycles. The molecule has 1 aromatic heterocycles. The fraction of sp³-hybridized carbons (Fsp3) is 0.409. The molecular formula is C22H24O3. The SMILES string of the molecule is CC1=CC2C(C(=O)OCc3coc(Cc4ccccc4)c3)C2(C)CC1. The van der Waals surface area contributed by atoms with Gasteiger partial charge in [-0.1, -0.05) is 48.9 Å². The van der Waals surface area contributed by atoms with Gasteiger partial charge >= 0.3 is 5.97 Å². The van der Waals surface area contributed by atoms with Gasteiger partial charge in [0.2, 0.25) is 0 Å². The van der Waals surface area contributed by atoms with Crippen molar-refractivity contribution in [3.05, 3.63) is 71.2 Å². The number of hydrogen-bond acceptors (Lipinski definition) is 3. The van der Waals surface area contributed by atoms with Crippen molar-refractivity contribution in [3.63, 3.8) is 0 Å². The summed E-state index contributed by atoms with van der Waals surface area (Å²) in [6.07, 6.45) is 6.90. The van der Waals surface area contributed by atoms with Gasteiger partial charge in [0.15, 0.2) is 0 Å². The Hall–Kier alpha value is -2.29. The predicted octanol–water partition coefficient (Wildman–Crippen LogP) is 4.91. The molecule has 0 saturated heterocycles. The van der Waals surface area contributed by atoms with Crippen LogP contribution in [0.5, 0.6) is 0 Å². The highest BCUT2D eigenvalue weighted by molar-refractivity contribution is 5.78. The molecule has 3 unspecified atom stereocenters. The summed E-state index contributed by atoms with van der Waals surface area (Å²) in [5.74, 6) is 1.22. The molecule has 1 saturated carbocycles. The lowest BCUT2D eigenvalue weighted by Crippen LogP contribution is -2.12. The number of esters is 1. The maximum absolute atomic E-state index is 12.5. The van der Waals surface area contributed by atoms with Gasteiger partial charge < -0.3 is 9.15 Å². The van der Waals surface area contributed by atoms with Gasteiger partial charge in [0.25, 0.3) is 0 Å². The van der Waals surface area contributed by atoms with Crippen LogP contribution in [-0.2, 0) is 22.6 Å². The van der Waals surface area contributed by atoms with Crippen LogP contribution in [0, 0.1) is 17.3 Å². The molecule has 0 aliphatic heterocycles. The van der Waals surface area contributed by atoms with Crippen LogP contribution in [0.2, 0.25) is 0 Å². The van der Waals surface area contributed by atoms with Gasteiger partial charge in [0.05, 0.1) is 12.2 Å². The van der Waals surface area contributed by atoms with Crippen LogP contribution in [-0.4, -0.2) is 5.97 Å². The minimum atomic E-state index is -0.0655. The first-order valence-electron chi connectivity index (χ1n) is 9.00. The minimum Gasteiger partial charge on any atom is -0.469 e. The molecule has 4 rings (SSSR count). The number of benzene rings is 1. The summed E-state index contributed by atoms with van der Waals surface area (Å²) in [6, 6.07) is 12.2. The molecule has 0 spiro atoms. The molecule has 2 aliphatic rings. The maximum atomic E-state index is 12.5. The number of carbonyl (C=O) groups is 1. The summed E-state index contributed by atoms with van der Waals surface area (Å²) >= 11 is 0. The van der Waals surface area contributed by atoms with Gasteiger partial charge in [-0.2, -0.15) is 0 Å². The zero-order valence-corrected chi connectivity index (χ0v) is 14.8. The second kappa shape index (κ2) is 6.21. The van der Waals surface area contributed by atoms with Gasteiger partial charge in [-0.15, -0.1) is 0 Å². The summed E-state index contributed by atoms with van der Waals surface area (Å²) in [5.41, 5.74) is 3.64. The van der Waals surface area contributed by atoms with Crippen molar-refractivity contribution in [1.29, 1.82) is 0 Å². The molecule has 1 heterocycles. The zero-order valence-electron chi connectivity index (χ0n) is 14.8. The molecule has 3 heteroatoms. The Kier molecular flexibility index (Phi) is 4.03. The van der Waals surface area contributed by atoms with E-state index in [0.29, 0.717) is 12.5 Å². The quantitative estimate of drug-likeness (QED) is 0.575. The first-order valence-corrected chi connectivity index (χ1v) is 9.00. The molecule has 2 aliphatic carbocycles. The summed E-state index contributed by atoms with van der Waals surface area (Å²) in [4.78, 5) is 12.5. The molecule has 2 aromatic rings. The molecule has 130 valence electrons. The van der Waals surface area contributed by atoms with Crippen LogP contribution in [0.25, 0.3) is 0 Å². The monoisotopic (exact) mass is 336 g/mol. The first-order chi connectivity index (χ1) is 12.1. The summed E-state index contributed by atoms with van der Waals surface area (Å²) in [5, 5.41) is 0. The van der Waals surface area contributed by atoms with Crippen molar-refractivity contribution in [1.82, 2.24) is 0 Å². The van der Waals surface area contributed by atoms with E-state index in [1.807, 2.05) is 24.3 Å². The lowest BCUT2D eigenvalue weighted by atomic mass is 9.90. The maximum Gasteiger partial charge on any atom is 0.310 e. The highest BCUT2D eigenvalue weighted by atomic mass is 16.5. The van der Waals surface area contributed by atoms with E-state index in [9.17, 15) is 4.79 Å². The van der Waals surface area contributed by atoms with E-state index in [4.69, 9.17) is 9.15 Å². The Bertz CT molecular complexity index is 802. The number of hydrogen-bond donors (Lipinski definition) is 0. The Morgan fingerprint density at radius 2 is 2.08 bits per heavy atom. The van der Waals surface area contributed by atoms with Gasteiger partial charge in [-0.05, 0) is 42.7 Å². The molecule has 3 nitrogen and oxygen atoms in total. The van der Waals surface area contributed by atoms with Crippen LogP contribution >= 0.6 is 0 Å². The number of furan rings is 1. The second-order valence-corrected chi connectivity index (χ2v) is 7.71. The fourth-order valence-corrected chi connectivity index (χ4v) is 4.12. The highest BCUT2D eigenvalue weighted by Gasteiger charge is 2.65. The Morgan fingerprint density at radius 3 is 2.84 bits per heavy atom. The largest absolute Gasteiger partial charge is 0.469 e.